The van der Waals surface area contributed by atoms with Crippen LogP contribution < -0.4 is 5.32 Å². The molecule has 0 radical (unpaired) electrons. The summed E-state index contributed by atoms with van der Waals surface area (Å²) in [5, 5.41) is 4.72. The van der Waals surface area contributed by atoms with E-state index in [0.717, 1.165) is 4.88 Å². The fraction of sp³-hybridized carbons (Fsp3) is 0.214. The van der Waals surface area contributed by atoms with E-state index >= 15 is 0 Å². The maximum atomic E-state index is 12.8. The van der Waals surface area contributed by atoms with Crippen molar-refractivity contribution in [3.05, 3.63) is 52.5 Å². The Hall–Kier alpha value is -1.88. The molecule has 0 aliphatic carbocycles. The van der Waals surface area contributed by atoms with E-state index in [1.54, 1.807) is 23.3 Å². The second kappa shape index (κ2) is 5.84. The van der Waals surface area contributed by atoms with Crippen molar-refractivity contribution >= 4 is 23.1 Å². The van der Waals surface area contributed by atoms with Crippen LogP contribution in [0.3, 0.4) is 0 Å². The number of rotatable bonds is 3. The maximum absolute atomic E-state index is 12.8. The van der Waals surface area contributed by atoms with Crippen LogP contribution in [0.25, 0.3) is 0 Å². The molecule has 2 aromatic rings. The average molecular weight is 278 g/mol. The van der Waals surface area contributed by atoms with Gasteiger partial charge in [0, 0.05) is 17.6 Å². The van der Waals surface area contributed by atoms with Crippen molar-refractivity contribution in [3.8, 4) is 0 Å². The molecule has 1 heterocycles. The molecule has 2 amide bonds. The van der Waals surface area contributed by atoms with Crippen LogP contribution in [0.2, 0.25) is 0 Å². The van der Waals surface area contributed by atoms with Gasteiger partial charge in [0.2, 0.25) is 0 Å². The largest absolute Gasteiger partial charge is 0.322 e. The van der Waals surface area contributed by atoms with Crippen LogP contribution in [0.15, 0.2) is 41.8 Å². The number of amides is 2. The molecule has 0 aliphatic rings. The van der Waals surface area contributed by atoms with Crippen molar-refractivity contribution < 1.29 is 9.18 Å². The zero-order valence-electron chi connectivity index (χ0n) is 10.8. The van der Waals surface area contributed by atoms with Gasteiger partial charge >= 0.3 is 6.03 Å². The second-order valence-corrected chi connectivity index (χ2v) is 5.22. The first-order chi connectivity index (χ1) is 9.08. The predicted octanol–water partition coefficient (Wildman–Crippen LogP) is 4.11. The fourth-order valence-electron chi connectivity index (χ4n) is 1.64. The van der Waals surface area contributed by atoms with Gasteiger partial charge in [-0.1, -0.05) is 6.07 Å². The van der Waals surface area contributed by atoms with Crippen molar-refractivity contribution in [1.82, 2.24) is 4.90 Å². The minimum absolute atomic E-state index is 0.000415. The van der Waals surface area contributed by atoms with Crippen molar-refractivity contribution in [1.29, 1.82) is 0 Å². The van der Waals surface area contributed by atoms with Crippen molar-refractivity contribution in [2.45, 2.75) is 13.0 Å². The first kappa shape index (κ1) is 13.5. The van der Waals surface area contributed by atoms with Crippen LogP contribution in [-0.4, -0.2) is 18.0 Å². The van der Waals surface area contributed by atoms with Gasteiger partial charge in [0.1, 0.15) is 5.82 Å². The van der Waals surface area contributed by atoms with E-state index in [1.165, 1.54) is 24.3 Å². The SMILES string of the molecule is C[C@H](c1cccs1)N(C)C(=O)Nc1ccc(F)cc1. The van der Waals surface area contributed by atoms with Gasteiger partial charge in [-0.3, -0.25) is 0 Å². The molecule has 0 aliphatic heterocycles. The molecular formula is C14H15FN2OS. The van der Waals surface area contributed by atoms with Crippen molar-refractivity contribution in [2.75, 3.05) is 12.4 Å². The fourth-order valence-corrected chi connectivity index (χ4v) is 2.47. The van der Waals surface area contributed by atoms with E-state index < -0.39 is 0 Å². The number of anilines is 1. The van der Waals surface area contributed by atoms with Gasteiger partial charge in [-0.15, -0.1) is 11.3 Å². The summed E-state index contributed by atoms with van der Waals surface area (Å²) in [4.78, 5) is 14.8. The summed E-state index contributed by atoms with van der Waals surface area (Å²) in [6, 6.07) is 9.46. The molecule has 0 unspecified atom stereocenters. The molecule has 1 atom stereocenters. The molecule has 1 N–H and O–H groups in total. The highest BCUT2D eigenvalue weighted by Crippen LogP contribution is 2.23. The molecule has 1 aromatic heterocycles. The average Bonchev–Trinajstić information content (AvgIpc) is 2.93. The van der Waals surface area contributed by atoms with E-state index in [9.17, 15) is 9.18 Å². The number of thiophene rings is 1. The third-order valence-corrected chi connectivity index (χ3v) is 3.99. The van der Waals surface area contributed by atoms with E-state index in [1.807, 2.05) is 24.4 Å². The summed E-state index contributed by atoms with van der Waals surface area (Å²) in [5.74, 6) is -0.321. The summed E-state index contributed by atoms with van der Waals surface area (Å²) < 4.78 is 12.8. The van der Waals surface area contributed by atoms with Crippen molar-refractivity contribution in [3.63, 3.8) is 0 Å². The molecule has 19 heavy (non-hydrogen) atoms. The van der Waals surface area contributed by atoms with Crippen LogP contribution in [0.1, 0.15) is 17.8 Å². The van der Waals surface area contributed by atoms with Gasteiger partial charge in [0.25, 0.3) is 0 Å². The van der Waals surface area contributed by atoms with E-state index in [0.29, 0.717) is 5.69 Å². The lowest BCUT2D eigenvalue weighted by Gasteiger charge is -2.24. The highest BCUT2D eigenvalue weighted by Gasteiger charge is 2.18. The Kier molecular flexibility index (Phi) is 4.16. The lowest BCUT2D eigenvalue weighted by atomic mass is 10.2. The highest BCUT2D eigenvalue weighted by atomic mass is 32.1. The van der Waals surface area contributed by atoms with Gasteiger partial charge < -0.3 is 10.2 Å². The zero-order valence-corrected chi connectivity index (χ0v) is 11.6. The number of nitrogens with one attached hydrogen (secondary N) is 1. The van der Waals surface area contributed by atoms with E-state index in [-0.39, 0.29) is 17.9 Å². The molecule has 0 spiro atoms. The van der Waals surface area contributed by atoms with Gasteiger partial charge in [-0.25, -0.2) is 9.18 Å². The Labute approximate surface area is 115 Å². The van der Waals surface area contributed by atoms with Gasteiger partial charge in [-0.05, 0) is 42.6 Å². The number of hydrogen-bond acceptors (Lipinski definition) is 2. The number of nitrogens with zero attached hydrogens (tertiary/aromatic N) is 1. The number of carbonyl (C=O) groups is 1. The smallest absolute Gasteiger partial charge is 0.320 e. The minimum atomic E-state index is -0.321. The van der Waals surface area contributed by atoms with Crippen LogP contribution in [0, 0.1) is 5.82 Å². The number of benzene rings is 1. The van der Waals surface area contributed by atoms with E-state index in [4.69, 9.17) is 0 Å². The number of urea groups is 1. The summed E-state index contributed by atoms with van der Waals surface area (Å²) >= 11 is 1.61. The van der Waals surface area contributed by atoms with Gasteiger partial charge in [0.05, 0.1) is 6.04 Å². The zero-order chi connectivity index (χ0) is 13.8. The van der Waals surface area contributed by atoms with Gasteiger partial charge in [0.15, 0.2) is 0 Å². The molecule has 0 fully saturated rings. The quantitative estimate of drug-likeness (QED) is 0.900. The first-order valence-electron chi connectivity index (χ1n) is 5.90. The Balaban J connectivity index is 2.01. The summed E-state index contributed by atoms with van der Waals surface area (Å²) in [7, 11) is 1.74. The van der Waals surface area contributed by atoms with Gasteiger partial charge in [-0.2, -0.15) is 0 Å². The molecule has 0 saturated heterocycles. The number of halogens is 1. The second-order valence-electron chi connectivity index (χ2n) is 4.24. The number of hydrogen-bond donors (Lipinski definition) is 1. The molecule has 1 aromatic carbocycles. The van der Waals surface area contributed by atoms with Crippen LogP contribution in [0.4, 0.5) is 14.9 Å². The van der Waals surface area contributed by atoms with Crippen LogP contribution >= 0.6 is 11.3 Å². The topological polar surface area (TPSA) is 32.3 Å². The lowest BCUT2D eigenvalue weighted by molar-refractivity contribution is 0.209. The predicted molar refractivity (Wildman–Crippen MR) is 75.9 cm³/mol. The monoisotopic (exact) mass is 278 g/mol. The molecule has 0 bridgehead atoms. The highest BCUT2D eigenvalue weighted by molar-refractivity contribution is 7.10. The first-order valence-corrected chi connectivity index (χ1v) is 6.78. The number of carbonyl (C=O) groups excluding carboxylic acids is 1. The lowest BCUT2D eigenvalue weighted by Crippen LogP contribution is -2.33. The Bertz CT molecular complexity index is 539. The standard InChI is InChI=1S/C14H15FN2OS/c1-10(13-4-3-9-19-13)17(2)14(18)16-12-7-5-11(15)6-8-12/h3-10H,1-2H3,(H,16,18)/t10-/m1/s1. The van der Waals surface area contributed by atoms with Crippen molar-refractivity contribution in [2.24, 2.45) is 0 Å². The summed E-state index contributed by atoms with van der Waals surface area (Å²) in [6.07, 6.45) is 0. The molecular weight excluding hydrogens is 263 g/mol. The normalized spacial score (nSPS) is 11.9. The molecule has 2 rings (SSSR count). The third kappa shape index (κ3) is 3.32. The van der Waals surface area contributed by atoms with Crippen LogP contribution in [-0.2, 0) is 0 Å². The Morgan fingerprint density at radius 1 is 1.32 bits per heavy atom. The Morgan fingerprint density at radius 2 is 2.00 bits per heavy atom. The third-order valence-electron chi connectivity index (χ3n) is 2.95. The Morgan fingerprint density at radius 3 is 2.58 bits per heavy atom. The molecule has 0 saturated carbocycles. The molecule has 100 valence electrons. The molecule has 3 nitrogen and oxygen atoms in total. The summed E-state index contributed by atoms with van der Waals surface area (Å²) in [5.41, 5.74) is 0.580. The maximum Gasteiger partial charge on any atom is 0.322 e. The summed E-state index contributed by atoms with van der Waals surface area (Å²) in [6.45, 7) is 1.97. The molecule has 5 heteroatoms. The van der Waals surface area contributed by atoms with Crippen LogP contribution in [0.5, 0.6) is 0 Å². The van der Waals surface area contributed by atoms with E-state index in [2.05, 4.69) is 5.32 Å². The minimum Gasteiger partial charge on any atom is -0.320 e.